The van der Waals surface area contributed by atoms with Crippen molar-refractivity contribution in [3.05, 3.63) is 23.8 Å². The lowest BCUT2D eigenvalue weighted by Gasteiger charge is -2.19. The van der Waals surface area contributed by atoms with Gasteiger partial charge in [0.05, 0.1) is 12.0 Å². The highest BCUT2D eigenvalue weighted by atomic mass is 35.5. The summed E-state index contributed by atoms with van der Waals surface area (Å²) in [6, 6.07) is 5.17. The molecule has 2 rings (SSSR count). The number of aryl methyl sites for hydroxylation is 1. The van der Waals surface area contributed by atoms with E-state index in [4.69, 9.17) is 16.3 Å². The van der Waals surface area contributed by atoms with Crippen LogP contribution in [0.2, 0.25) is 0 Å². The van der Waals surface area contributed by atoms with E-state index in [1.54, 1.807) is 32.4 Å². The van der Waals surface area contributed by atoms with E-state index in [1.807, 2.05) is 0 Å². The number of alkyl halides is 1. The minimum atomic E-state index is -3.43. The van der Waals surface area contributed by atoms with Crippen molar-refractivity contribution in [2.24, 2.45) is 0 Å². The number of methoxy groups -OCH3 is 1. The smallest absolute Gasteiger partial charge is 0.243 e. The molecule has 106 valence electrons. The van der Waals surface area contributed by atoms with Crippen molar-refractivity contribution in [1.29, 1.82) is 0 Å². The molecule has 0 aromatic heterocycles. The van der Waals surface area contributed by atoms with Crippen LogP contribution in [-0.2, 0) is 16.4 Å². The highest BCUT2D eigenvalue weighted by Crippen LogP contribution is 2.32. The van der Waals surface area contributed by atoms with Gasteiger partial charge in [0.1, 0.15) is 5.75 Å². The Morgan fingerprint density at radius 3 is 2.63 bits per heavy atom. The maximum atomic E-state index is 12.6. The fraction of sp³-hybridized carbons (Fsp3) is 0.538. The van der Waals surface area contributed by atoms with Gasteiger partial charge in [0, 0.05) is 19.0 Å². The normalized spacial score (nSPS) is 15.8. The first-order valence-corrected chi connectivity index (χ1v) is 8.19. The second-order valence-corrected chi connectivity index (χ2v) is 7.01. The van der Waals surface area contributed by atoms with Crippen molar-refractivity contribution >= 4 is 21.6 Å². The first kappa shape index (κ1) is 14.6. The van der Waals surface area contributed by atoms with Crippen molar-refractivity contribution < 1.29 is 13.2 Å². The molecule has 19 heavy (non-hydrogen) atoms. The maximum absolute atomic E-state index is 12.6. The summed E-state index contributed by atoms with van der Waals surface area (Å²) in [5.74, 6) is 1.02. The first-order valence-electron chi connectivity index (χ1n) is 6.21. The van der Waals surface area contributed by atoms with Crippen LogP contribution in [0.25, 0.3) is 0 Å². The third-order valence-electron chi connectivity index (χ3n) is 3.35. The van der Waals surface area contributed by atoms with Gasteiger partial charge < -0.3 is 4.74 Å². The number of sulfonamides is 1. The molecule has 1 aromatic carbocycles. The van der Waals surface area contributed by atoms with Gasteiger partial charge in [0.15, 0.2) is 0 Å². The zero-order valence-corrected chi connectivity index (χ0v) is 12.7. The van der Waals surface area contributed by atoms with E-state index >= 15 is 0 Å². The van der Waals surface area contributed by atoms with E-state index in [-0.39, 0.29) is 6.04 Å². The van der Waals surface area contributed by atoms with Gasteiger partial charge in [-0.15, -0.1) is 11.6 Å². The Hall–Kier alpha value is -0.780. The summed E-state index contributed by atoms with van der Waals surface area (Å²) in [6.45, 7) is 0. The summed E-state index contributed by atoms with van der Waals surface area (Å²) >= 11 is 5.76. The van der Waals surface area contributed by atoms with Crippen LogP contribution < -0.4 is 4.74 Å². The average molecular weight is 304 g/mol. The number of rotatable bonds is 6. The van der Waals surface area contributed by atoms with E-state index in [2.05, 4.69) is 0 Å². The second kappa shape index (κ2) is 5.69. The molecule has 0 radical (unpaired) electrons. The monoisotopic (exact) mass is 303 g/mol. The number of ether oxygens (including phenoxy) is 1. The summed E-state index contributed by atoms with van der Waals surface area (Å²) in [5.41, 5.74) is 0.710. The molecule has 1 aromatic rings. The molecule has 0 saturated heterocycles. The van der Waals surface area contributed by atoms with Gasteiger partial charge in [0.2, 0.25) is 10.0 Å². The number of hydrogen-bond donors (Lipinski definition) is 0. The summed E-state index contributed by atoms with van der Waals surface area (Å²) in [5, 5.41) is 0. The maximum Gasteiger partial charge on any atom is 0.243 e. The Balaban J connectivity index is 2.42. The van der Waals surface area contributed by atoms with Gasteiger partial charge in [-0.1, -0.05) is 0 Å². The van der Waals surface area contributed by atoms with E-state index in [0.29, 0.717) is 28.5 Å². The van der Waals surface area contributed by atoms with Crippen LogP contribution in [0.3, 0.4) is 0 Å². The zero-order chi connectivity index (χ0) is 14.0. The molecule has 1 fully saturated rings. The molecule has 0 aliphatic heterocycles. The number of halogens is 1. The Morgan fingerprint density at radius 2 is 2.11 bits per heavy atom. The van der Waals surface area contributed by atoms with Crippen molar-refractivity contribution in [3.8, 4) is 5.75 Å². The molecule has 0 atom stereocenters. The summed E-state index contributed by atoms with van der Waals surface area (Å²) in [7, 11) is -0.234. The van der Waals surface area contributed by atoms with Gasteiger partial charge in [-0.25, -0.2) is 8.42 Å². The average Bonchev–Trinajstić information content (AvgIpc) is 3.22. The molecule has 4 nitrogen and oxygen atoms in total. The van der Waals surface area contributed by atoms with Crippen LogP contribution in [0.1, 0.15) is 18.4 Å². The van der Waals surface area contributed by atoms with Crippen LogP contribution in [0, 0.1) is 0 Å². The summed E-state index contributed by atoms with van der Waals surface area (Å²) in [6.07, 6.45) is 2.39. The molecule has 1 aliphatic rings. The Labute approximate surface area is 119 Å². The minimum Gasteiger partial charge on any atom is -0.497 e. The van der Waals surface area contributed by atoms with E-state index < -0.39 is 10.0 Å². The number of hydrogen-bond acceptors (Lipinski definition) is 3. The van der Waals surface area contributed by atoms with Crippen LogP contribution in [-0.4, -0.2) is 38.8 Å². The van der Waals surface area contributed by atoms with Gasteiger partial charge >= 0.3 is 0 Å². The van der Waals surface area contributed by atoms with Crippen molar-refractivity contribution in [1.82, 2.24) is 4.31 Å². The van der Waals surface area contributed by atoms with E-state index in [1.165, 1.54) is 4.31 Å². The van der Waals surface area contributed by atoms with Gasteiger partial charge in [-0.3, -0.25) is 0 Å². The summed E-state index contributed by atoms with van der Waals surface area (Å²) in [4.78, 5) is 0.336. The SMILES string of the molecule is COc1ccc(S(=O)(=O)N(C)C2CC2)c(CCCl)c1. The summed E-state index contributed by atoms with van der Waals surface area (Å²) < 4.78 is 31.7. The highest BCUT2D eigenvalue weighted by molar-refractivity contribution is 7.89. The Kier molecular flexibility index (Phi) is 4.38. The van der Waals surface area contributed by atoms with Crippen LogP contribution in [0.15, 0.2) is 23.1 Å². The predicted molar refractivity (Wildman–Crippen MR) is 75.4 cm³/mol. The lowest BCUT2D eigenvalue weighted by atomic mass is 10.1. The Morgan fingerprint density at radius 1 is 1.42 bits per heavy atom. The molecule has 0 amide bonds. The highest BCUT2D eigenvalue weighted by Gasteiger charge is 2.35. The third-order valence-corrected chi connectivity index (χ3v) is 5.55. The standard InChI is InChI=1S/C13H18ClNO3S/c1-15(11-3-4-11)19(16,17)13-6-5-12(18-2)9-10(13)7-8-14/h5-6,9,11H,3-4,7-8H2,1-2H3. The fourth-order valence-corrected chi connectivity index (χ4v) is 3.87. The van der Waals surface area contributed by atoms with Gasteiger partial charge in [-0.05, 0) is 43.0 Å². The van der Waals surface area contributed by atoms with Gasteiger partial charge in [0.25, 0.3) is 0 Å². The second-order valence-electron chi connectivity index (χ2n) is 4.67. The van der Waals surface area contributed by atoms with Gasteiger partial charge in [-0.2, -0.15) is 4.31 Å². The molecule has 0 unspecified atom stereocenters. The molecule has 0 heterocycles. The fourth-order valence-electron chi connectivity index (χ4n) is 2.02. The number of nitrogens with zero attached hydrogens (tertiary/aromatic N) is 1. The quantitative estimate of drug-likeness (QED) is 0.757. The predicted octanol–water partition coefficient (Wildman–Crippen LogP) is 2.26. The largest absolute Gasteiger partial charge is 0.497 e. The minimum absolute atomic E-state index is 0.149. The lowest BCUT2D eigenvalue weighted by Crippen LogP contribution is -2.29. The van der Waals surface area contributed by atoms with Crippen molar-refractivity contribution in [3.63, 3.8) is 0 Å². The molecule has 0 N–H and O–H groups in total. The molecule has 1 aliphatic carbocycles. The Bertz CT molecular complexity index is 555. The molecule has 6 heteroatoms. The molecule has 0 bridgehead atoms. The number of benzene rings is 1. The third kappa shape index (κ3) is 3.04. The molecule has 1 saturated carbocycles. The van der Waals surface area contributed by atoms with Crippen LogP contribution in [0.4, 0.5) is 0 Å². The van der Waals surface area contributed by atoms with E-state index in [9.17, 15) is 8.42 Å². The van der Waals surface area contributed by atoms with Crippen LogP contribution >= 0.6 is 11.6 Å². The first-order chi connectivity index (χ1) is 9.00. The van der Waals surface area contributed by atoms with E-state index in [0.717, 1.165) is 12.8 Å². The topological polar surface area (TPSA) is 46.6 Å². The van der Waals surface area contributed by atoms with Crippen molar-refractivity contribution in [2.75, 3.05) is 20.0 Å². The zero-order valence-electron chi connectivity index (χ0n) is 11.1. The molecular weight excluding hydrogens is 286 g/mol. The van der Waals surface area contributed by atoms with Crippen LogP contribution in [0.5, 0.6) is 5.75 Å². The lowest BCUT2D eigenvalue weighted by molar-refractivity contribution is 0.413. The molecular formula is C13H18ClNO3S. The molecule has 0 spiro atoms. The van der Waals surface area contributed by atoms with Crippen molar-refractivity contribution in [2.45, 2.75) is 30.2 Å².